The van der Waals surface area contributed by atoms with Gasteiger partial charge in [-0.2, -0.15) is 0 Å². The number of rotatable bonds is 1. The Morgan fingerprint density at radius 3 is 2.60 bits per heavy atom. The summed E-state index contributed by atoms with van der Waals surface area (Å²) in [5.41, 5.74) is 1.71. The number of nitrogens with zero attached hydrogens (tertiary/aromatic N) is 1. The third kappa shape index (κ3) is 2.15. The molecule has 1 aromatic carbocycles. The maximum Gasteiger partial charge on any atom is 0.253 e. The zero-order valence-electron chi connectivity index (χ0n) is 8.79. The molecule has 1 fully saturated rings. The molecule has 1 saturated heterocycles. The fourth-order valence-corrected chi connectivity index (χ4v) is 2.01. The van der Waals surface area contributed by atoms with Crippen molar-refractivity contribution in [3.05, 3.63) is 34.3 Å². The molecule has 3 heteroatoms. The molecule has 2 rings (SSSR count). The average Bonchev–Trinajstić information content (AvgIpc) is 2.74. The normalized spacial score (nSPS) is 15.7. The Hall–Kier alpha value is -1.02. The molecule has 1 amide bonds. The van der Waals surface area contributed by atoms with E-state index in [0.717, 1.165) is 31.5 Å². The summed E-state index contributed by atoms with van der Waals surface area (Å²) in [7, 11) is 0. The molecule has 80 valence electrons. The third-order valence-corrected chi connectivity index (χ3v) is 3.22. The van der Waals surface area contributed by atoms with Crippen LogP contribution < -0.4 is 0 Å². The first-order valence-corrected chi connectivity index (χ1v) is 5.62. The molecule has 1 aromatic rings. The van der Waals surface area contributed by atoms with Gasteiger partial charge in [-0.1, -0.05) is 17.7 Å². The summed E-state index contributed by atoms with van der Waals surface area (Å²) in [6, 6.07) is 5.51. The zero-order valence-corrected chi connectivity index (χ0v) is 9.55. The second-order valence-electron chi connectivity index (χ2n) is 3.96. The van der Waals surface area contributed by atoms with Crippen molar-refractivity contribution in [2.45, 2.75) is 19.8 Å². The van der Waals surface area contributed by atoms with E-state index in [1.54, 1.807) is 6.07 Å². The van der Waals surface area contributed by atoms with Gasteiger partial charge in [0.15, 0.2) is 0 Å². The van der Waals surface area contributed by atoms with Crippen molar-refractivity contribution in [1.29, 1.82) is 0 Å². The summed E-state index contributed by atoms with van der Waals surface area (Å²) >= 11 is 5.99. The van der Waals surface area contributed by atoms with Gasteiger partial charge in [0.2, 0.25) is 0 Å². The summed E-state index contributed by atoms with van der Waals surface area (Å²) in [5.74, 6) is 0.106. The van der Waals surface area contributed by atoms with Crippen molar-refractivity contribution in [3.8, 4) is 0 Å². The Labute approximate surface area is 94.8 Å². The van der Waals surface area contributed by atoms with Gasteiger partial charge in [0.25, 0.3) is 5.91 Å². The van der Waals surface area contributed by atoms with Gasteiger partial charge in [0.1, 0.15) is 0 Å². The Morgan fingerprint density at radius 2 is 2.00 bits per heavy atom. The number of benzene rings is 1. The number of hydrogen-bond acceptors (Lipinski definition) is 1. The topological polar surface area (TPSA) is 20.3 Å². The second kappa shape index (κ2) is 4.23. The van der Waals surface area contributed by atoms with Gasteiger partial charge < -0.3 is 4.90 Å². The van der Waals surface area contributed by atoms with E-state index in [1.165, 1.54) is 0 Å². The quantitative estimate of drug-likeness (QED) is 0.717. The lowest BCUT2D eigenvalue weighted by atomic mass is 10.1. The highest BCUT2D eigenvalue weighted by molar-refractivity contribution is 6.31. The van der Waals surface area contributed by atoms with E-state index in [2.05, 4.69) is 0 Å². The lowest BCUT2D eigenvalue weighted by molar-refractivity contribution is 0.0793. The standard InChI is InChI=1S/C12H14ClNO/c1-9-4-5-10(8-11(9)13)12(15)14-6-2-3-7-14/h4-5,8H,2-3,6-7H2,1H3. The lowest BCUT2D eigenvalue weighted by Crippen LogP contribution is -2.27. The fourth-order valence-electron chi connectivity index (χ4n) is 1.83. The minimum Gasteiger partial charge on any atom is -0.339 e. The molecule has 1 heterocycles. The van der Waals surface area contributed by atoms with Gasteiger partial charge in [0, 0.05) is 23.7 Å². The van der Waals surface area contributed by atoms with Crippen LogP contribution in [0.1, 0.15) is 28.8 Å². The molecule has 0 saturated carbocycles. The number of carbonyl (C=O) groups is 1. The summed E-state index contributed by atoms with van der Waals surface area (Å²) in [4.78, 5) is 13.9. The van der Waals surface area contributed by atoms with Gasteiger partial charge >= 0.3 is 0 Å². The highest BCUT2D eigenvalue weighted by Gasteiger charge is 2.19. The summed E-state index contributed by atoms with van der Waals surface area (Å²) in [5, 5.41) is 0.667. The molecule has 1 aliphatic rings. The van der Waals surface area contributed by atoms with Crippen LogP contribution in [0.5, 0.6) is 0 Å². The molecule has 0 spiro atoms. The maximum absolute atomic E-state index is 12.0. The number of hydrogen-bond donors (Lipinski definition) is 0. The van der Waals surface area contributed by atoms with Crippen molar-refractivity contribution in [1.82, 2.24) is 4.90 Å². The molecule has 0 N–H and O–H groups in total. The van der Waals surface area contributed by atoms with Gasteiger partial charge in [0.05, 0.1) is 0 Å². The first kappa shape index (κ1) is 10.5. The summed E-state index contributed by atoms with van der Waals surface area (Å²) in [6.07, 6.45) is 2.23. The first-order chi connectivity index (χ1) is 7.18. The average molecular weight is 224 g/mol. The van der Waals surface area contributed by atoms with Crippen LogP contribution in [0.3, 0.4) is 0 Å². The summed E-state index contributed by atoms with van der Waals surface area (Å²) < 4.78 is 0. The van der Waals surface area contributed by atoms with Crippen molar-refractivity contribution < 1.29 is 4.79 Å². The van der Waals surface area contributed by atoms with E-state index in [4.69, 9.17) is 11.6 Å². The SMILES string of the molecule is Cc1ccc(C(=O)N2CCCC2)cc1Cl. The second-order valence-corrected chi connectivity index (χ2v) is 4.37. The van der Waals surface area contributed by atoms with Crippen molar-refractivity contribution in [3.63, 3.8) is 0 Å². The van der Waals surface area contributed by atoms with Crippen LogP contribution in [0.2, 0.25) is 5.02 Å². The van der Waals surface area contributed by atoms with E-state index in [1.807, 2.05) is 24.0 Å². The van der Waals surface area contributed by atoms with Crippen LogP contribution >= 0.6 is 11.6 Å². The molecule has 0 atom stereocenters. The van der Waals surface area contributed by atoms with Crippen LogP contribution in [0.25, 0.3) is 0 Å². The number of aryl methyl sites for hydroxylation is 1. The van der Waals surface area contributed by atoms with Crippen LogP contribution in [-0.2, 0) is 0 Å². The number of halogens is 1. The smallest absolute Gasteiger partial charge is 0.253 e. The van der Waals surface area contributed by atoms with Crippen LogP contribution in [0.4, 0.5) is 0 Å². The van der Waals surface area contributed by atoms with Crippen LogP contribution in [0.15, 0.2) is 18.2 Å². The maximum atomic E-state index is 12.0. The molecule has 2 nitrogen and oxygen atoms in total. The minimum absolute atomic E-state index is 0.106. The Morgan fingerprint density at radius 1 is 1.33 bits per heavy atom. The van der Waals surface area contributed by atoms with Gasteiger partial charge in [-0.15, -0.1) is 0 Å². The molecular formula is C12H14ClNO. The molecule has 0 radical (unpaired) electrons. The van der Waals surface area contributed by atoms with Crippen LogP contribution in [-0.4, -0.2) is 23.9 Å². The molecule has 1 aliphatic heterocycles. The van der Waals surface area contributed by atoms with Gasteiger partial charge in [-0.3, -0.25) is 4.79 Å². The first-order valence-electron chi connectivity index (χ1n) is 5.24. The van der Waals surface area contributed by atoms with Crippen molar-refractivity contribution in [2.24, 2.45) is 0 Å². The molecule has 15 heavy (non-hydrogen) atoms. The lowest BCUT2D eigenvalue weighted by Gasteiger charge is -2.15. The van der Waals surface area contributed by atoms with E-state index >= 15 is 0 Å². The molecule has 0 bridgehead atoms. The van der Waals surface area contributed by atoms with Crippen molar-refractivity contribution >= 4 is 17.5 Å². The summed E-state index contributed by atoms with van der Waals surface area (Å²) in [6.45, 7) is 3.70. The zero-order chi connectivity index (χ0) is 10.8. The Bertz CT molecular complexity index is 383. The molecule has 0 unspecified atom stereocenters. The number of likely N-dealkylation sites (tertiary alicyclic amines) is 1. The largest absolute Gasteiger partial charge is 0.339 e. The highest BCUT2D eigenvalue weighted by Crippen LogP contribution is 2.19. The number of carbonyl (C=O) groups excluding carboxylic acids is 1. The Kier molecular flexibility index (Phi) is 2.96. The van der Waals surface area contributed by atoms with Gasteiger partial charge in [-0.25, -0.2) is 0 Å². The van der Waals surface area contributed by atoms with Gasteiger partial charge in [-0.05, 0) is 37.5 Å². The van der Waals surface area contributed by atoms with E-state index < -0.39 is 0 Å². The highest BCUT2D eigenvalue weighted by atomic mass is 35.5. The van der Waals surface area contributed by atoms with E-state index in [9.17, 15) is 4.79 Å². The predicted molar refractivity (Wildman–Crippen MR) is 61.3 cm³/mol. The third-order valence-electron chi connectivity index (χ3n) is 2.81. The molecular weight excluding hydrogens is 210 g/mol. The predicted octanol–water partition coefficient (Wildman–Crippen LogP) is 2.88. The van der Waals surface area contributed by atoms with Crippen LogP contribution in [0, 0.1) is 6.92 Å². The molecule has 0 aromatic heterocycles. The number of amides is 1. The van der Waals surface area contributed by atoms with E-state index in [0.29, 0.717) is 10.6 Å². The minimum atomic E-state index is 0.106. The Balaban J connectivity index is 2.21. The monoisotopic (exact) mass is 223 g/mol. The molecule has 0 aliphatic carbocycles. The van der Waals surface area contributed by atoms with Crippen molar-refractivity contribution in [2.75, 3.05) is 13.1 Å². The van der Waals surface area contributed by atoms with E-state index in [-0.39, 0.29) is 5.91 Å². The fraction of sp³-hybridized carbons (Fsp3) is 0.417.